The van der Waals surface area contributed by atoms with E-state index >= 15 is 0 Å². The first-order valence-corrected chi connectivity index (χ1v) is 6.29. The lowest BCUT2D eigenvalue weighted by Crippen LogP contribution is -2.20. The van der Waals surface area contributed by atoms with Crippen LogP contribution in [-0.4, -0.2) is 7.05 Å². The molecule has 2 aromatic carbocycles. The summed E-state index contributed by atoms with van der Waals surface area (Å²) in [5.41, 5.74) is 1.21. The summed E-state index contributed by atoms with van der Waals surface area (Å²) in [6, 6.07) is 9.09. The first-order chi connectivity index (χ1) is 9.04. The van der Waals surface area contributed by atoms with Gasteiger partial charge in [-0.05, 0) is 43.3 Å². The van der Waals surface area contributed by atoms with Crippen molar-refractivity contribution in [2.45, 2.75) is 13.0 Å². The van der Waals surface area contributed by atoms with Crippen molar-refractivity contribution in [2.24, 2.45) is 0 Å². The van der Waals surface area contributed by atoms with Crippen LogP contribution >= 0.6 is 11.6 Å². The molecule has 4 heteroatoms. The van der Waals surface area contributed by atoms with E-state index in [2.05, 4.69) is 5.32 Å². The topological polar surface area (TPSA) is 12.0 Å². The van der Waals surface area contributed by atoms with Gasteiger partial charge in [-0.1, -0.05) is 29.8 Å². The molecular formula is C15H14ClF2N. The van der Waals surface area contributed by atoms with Crippen LogP contribution in [0, 0.1) is 18.6 Å². The van der Waals surface area contributed by atoms with Gasteiger partial charge in [0.1, 0.15) is 11.6 Å². The third-order valence-corrected chi connectivity index (χ3v) is 3.35. The second-order valence-corrected chi connectivity index (χ2v) is 4.80. The molecule has 0 spiro atoms. The van der Waals surface area contributed by atoms with Crippen molar-refractivity contribution in [2.75, 3.05) is 7.05 Å². The van der Waals surface area contributed by atoms with E-state index < -0.39 is 17.7 Å². The van der Waals surface area contributed by atoms with Crippen LogP contribution in [0.4, 0.5) is 8.78 Å². The van der Waals surface area contributed by atoms with Gasteiger partial charge < -0.3 is 5.32 Å². The highest BCUT2D eigenvalue weighted by atomic mass is 35.5. The average Bonchev–Trinajstić information content (AvgIpc) is 2.40. The zero-order chi connectivity index (χ0) is 14.0. The molecule has 0 radical (unpaired) electrons. The zero-order valence-corrected chi connectivity index (χ0v) is 11.4. The van der Waals surface area contributed by atoms with E-state index in [9.17, 15) is 8.78 Å². The molecule has 0 fully saturated rings. The van der Waals surface area contributed by atoms with Crippen molar-refractivity contribution in [1.82, 2.24) is 5.32 Å². The Morgan fingerprint density at radius 3 is 2.26 bits per heavy atom. The highest BCUT2D eigenvalue weighted by molar-refractivity contribution is 6.30. The third kappa shape index (κ3) is 2.77. The molecule has 1 N–H and O–H groups in total. The third-order valence-electron chi connectivity index (χ3n) is 3.10. The molecule has 0 aliphatic rings. The number of hydrogen-bond donors (Lipinski definition) is 1. The van der Waals surface area contributed by atoms with Gasteiger partial charge in [-0.15, -0.1) is 0 Å². The molecule has 0 aliphatic carbocycles. The molecule has 0 saturated carbocycles. The van der Waals surface area contributed by atoms with Crippen LogP contribution < -0.4 is 5.32 Å². The summed E-state index contributed by atoms with van der Waals surface area (Å²) in [7, 11) is 1.67. The number of nitrogens with one attached hydrogen (secondary N) is 1. The summed E-state index contributed by atoms with van der Waals surface area (Å²) in [6.45, 7) is 1.62. The standard InChI is InChI=1S/C15H14ClF2N/c1-9-3-8-12(17)13(14(9)18)15(19-2)10-4-6-11(16)7-5-10/h3-8,15,19H,1-2H3. The molecule has 0 amide bonds. The van der Waals surface area contributed by atoms with Gasteiger partial charge in [0.25, 0.3) is 0 Å². The molecule has 1 atom stereocenters. The van der Waals surface area contributed by atoms with Crippen LogP contribution in [0.1, 0.15) is 22.7 Å². The Balaban J connectivity index is 2.54. The average molecular weight is 282 g/mol. The Morgan fingerprint density at radius 1 is 1.05 bits per heavy atom. The number of halogens is 3. The second-order valence-electron chi connectivity index (χ2n) is 4.37. The van der Waals surface area contributed by atoms with Gasteiger partial charge in [0, 0.05) is 10.6 Å². The fourth-order valence-corrected chi connectivity index (χ4v) is 2.20. The van der Waals surface area contributed by atoms with E-state index in [1.165, 1.54) is 12.1 Å². The molecule has 100 valence electrons. The minimum atomic E-state index is -0.558. The van der Waals surface area contributed by atoms with Gasteiger partial charge in [0.05, 0.1) is 6.04 Å². The predicted octanol–water partition coefficient (Wildman–Crippen LogP) is 4.24. The Labute approximate surface area is 116 Å². The van der Waals surface area contributed by atoms with E-state index in [-0.39, 0.29) is 5.56 Å². The fourth-order valence-electron chi connectivity index (χ4n) is 2.08. The van der Waals surface area contributed by atoms with Gasteiger partial charge in [-0.2, -0.15) is 0 Å². The lowest BCUT2D eigenvalue weighted by Gasteiger charge is -2.19. The molecule has 0 heterocycles. The van der Waals surface area contributed by atoms with Crippen molar-refractivity contribution in [1.29, 1.82) is 0 Å². The number of hydrogen-bond acceptors (Lipinski definition) is 1. The molecule has 1 unspecified atom stereocenters. The second kappa shape index (κ2) is 5.68. The van der Waals surface area contributed by atoms with Gasteiger partial charge in [0.2, 0.25) is 0 Å². The van der Waals surface area contributed by atoms with Crippen molar-refractivity contribution >= 4 is 11.6 Å². The lowest BCUT2D eigenvalue weighted by atomic mass is 9.96. The smallest absolute Gasteiger partial charge is 0.134 e. The Bertz CT molecular complexity index is 581. The highest BCUT2D eigenvalue weighted by Gasteiger charge is 2.21. The van der Waals surface area contributed by atoms with Crippen LogP contribution in [0.25, 0.3) is 0 Å². The maximum atomic E-state index is 14.2. The van der Waals surface area contributed by atoms with Crippen molar-refractivity contribution < 1.29 is 8.78 Å². The Kier molecular flexibility index (Phi) is 4.17. The molecule has 1 nitrogen and oxygen atoms in total. The monoisotopic (exact) mass is 281 g/mol. The molecule has 19 heavy (non-hydrogen) atoms. The highest BCUT2D eigenvalue weighted by Crippen LogP contribution is 2.28. The first-order valence-electron chi connectivity index (χ1n) is 5.92. The molecule has 0 saturated heterocycles. The van der Waals surface area contributed by atoms with E-state index in [4.69, 9.17) is 11.6 Å². The fraction of sp³-hybridized carbons (Fsp3) is 0.200. The van der Waals surface area contributed by atoms with Crippen LogP contribution in [0.15, 0.2) is 36.4 Å². The maximum absolute atomic E-state index is 14.2. The Morgan fingerprint density at radius 2 is 1.68 bits per heavy atom. The summed E-state index contributed by atoms with van der Waals surface area (Å²) in [5.74, 6) is -1.08. The van der Waals surface area contributed by atoms with E-state index in [0.29, 0.717) is 10.6 Å². The van der Waals surface area contributed by atoms with Crippen LogP contribution in [0.5, 0.6) is 0 Å². The number of aryl methyl sites for hydroxylation is 1. The number of benzene rings is 2. The zero-order valence-electron chi connectivity index (χ0n) is 10.7. The van der Waals surface area contributed by atoms with Crippen molar-refractivity contribution in [3.8, 4) is 0 Å². The quantitative estimate of drug-likeness (QED) is 0.887. The first kappa shape index (κ1) is 14.0. The Hall–Kier alpha value is -1.45. The summed E-state index contributed by atoms with van der Waals surface area (Å²) in [6.07, 6.45) is 0. The van der Waals surface area contributed by atoms with Crippen molar-refractivity contribution in [3.05, 3.63) is 69.7 Å². The SMILES string of the molecule is CNC(c1ccc(Cl)cc1)c1c(F)ccc(C)c1F. The molecule has 0 bridgehead atoms. The van der Waals surface area contributed by atoms with Gasteiger partial charge in [0.15, 0.2) is 0 Å². The molecular weight excluding hydrogens is 268 g/mol. The molecule has 2 aromatic rings. The summed E-state index contributed by atoms with van der Waals surface area (Å²) in [4.78, 5) is 0. The van der Waals surface area contributed by atoms with Gasteiger partial charge >= 0.3 is 0 Å². The molecule has 2 rings (SSSR count). The van der Waals surface area contributed by atoms with Crippen LogP contribution in [0.2, 0.25) is 5.02 Å². The predicted molar refractivity (Wildman–Crippen MR) is 73.4 cm³/mol. The van der Waals surface area contributed by atoms with Gasteiger partial charge in [-0.25, -0.2) is 8.78 Å². The minimum absolute atomic E-state index is 0.0322. The van der Waals surface area contributed by atoms with Crippen molar-refractivity contribution in [3.63, 3.8) is 0 Å². The summed E-state index contributed by atoms with van der Waals surface area (Å²) < 4.78 is 28.1. The summed E-state index contributed by atoms with van der Waals surface area (Å²) >= 11 is 5.82. The van der Waals surface area contributed by atoms with E-state index in [1.807, 2.05) is 0 Å². The largest absolute Gasteiger partial charge is 0.309 e. The lowest BCUT2D eigenvalue weighted by molar-refractivity contribution is 0.517. The normalized spacial score (nSPS) is 12.5. The number of rotatable bonds is 3. The van der Waals surface area contributed by atoms with E-state index in [0.717, 1.165) is 5.56 Å². The van der Waals surface area contributed by atoms with Gasteiger partial charge in [-0.3, -0.25) is 0 Å². The van der Waals surface area contributed by atoms with E-state index in [1.54, 1.807) is 38.2 Å². The molecule has 0 aliphatic heterocycles. The minimum Gasteiger partial charge on any atom is -0.309 e. The maximum Gasteiger partial charge on any atom is 0.134 e. The van der Waals surface area contributed by atoms with Crippen LogP contribution in [0.3, 0.4) is 0 Å². The summed E-state index contributed by atoms with van der Waals surface area (Å²) in [5, 5.41) is 3.53. The van der Waals surface area contributed by atoms with Crippen LogP contribution in [-0.2, 0) is 0 Å². The molecule has 0 aromatic heterocycles.